The van der Waals surface area contributed by atoms with E-state index in [2.05, 4.69) is 31.1 Å². The summed E-state index contributed by atoms with van der Waals surface area (Å²) in [6, 6.07) is 9.68. The summed E-state index contributed by atoms with van der Waals surface area (Å²) in [4.78, 5) is 25.5. The first kappa shape index (κ1) is 26.1. The number of nitrogens with zero attached hydrogens (tertiary/aromatic N) is 4. The molecule has 182 valence electrons. The molecule has 0 saturated heterocycles. The summed E-state index contributed by atoms with van der Waals surface area (Å²) in [5, 5.41) is 12.5. The fraction of sp³-hybridized carbons (Fsp3) is 0.292. The lowest BCUT2D eigenvalue weighted by atomic mass is 10.1. The molecule has 0 aliphatic carbocycles. The van der Waals surface area contributed by atoms with E-state index in [4.69, 9.17) is 0 Å². The van der Waals surface area contributed by atoms with E-state index in [-0.39, 0.29) is 16.8 Å². The summed E-state index contributed by atoms with van der Waals surface area (Å²) in [5.41, 5.74) is 4.20. The van der Waals surface area contributed by atoms with E-state index in [9.17, 15) is 18.5 Å². The lowest BCUT2D eigenvalue weighted by Gasteiger charge is -2.17. The summed E-state index contributed by atoms with van der Waals surface area (Å²) < 4.78 is 27.6. The van der Waals surface area contributed by atoms with Crippen molar-refractivity contribution in [3.8, 4) is 6.07 Å². The number of benzene rings is 1. The lowest BCUT2D eigenvalue weighted by molar-refractivity contribution is -0.115. The maximum atomic E-state index is 12.9. The van der Waals surface area contributed by atoms with Gasteiger partial charge in [0.2, 0.25) is 11.9 Å². The highest BCUT2D eigenvalue weighted by Gasteiger charge is 2.23. The van der Waals surface area contributed by atoms with Crippen LogP contribution in [-0.2, 0) is 14.8 Å². The molecule has 35 heavy (non-hydrogen) atoms. The van der Waals surface area contributed by atoms with Crippen LogP contribution in [0.4, 0.5) is 11.6 Å². The van der Waals surface area contributed by atoms with E-state index in [0.717, 1.165) is 16.8 Å². The van der Waals surface area contributed by atoms with E-state index in [1.54, 1.807) is 13.0 Å². The first-order chi connectivity index (χ1) is 16.6. The number of thioether (sulfide) groups is 1. The summed E-state index contributed by atoms with van der Waals surface area (Å²) >= 11 is 1.25. The largest absolute Gasteiger partial charge is 0.325 e. The van der Waals surface area contributed by atoms with Gasteiger partial charge in [-0.25, -0.2) is 28.1 Å². The fourth-order valence-corrected chi connectivity index (χ4v) is 5.26. The van der Waals surface area contributed by atoms with Crippen LogP contribution in [0.3, 0.4) is 0 Å². The second-order valence-corrected chi connectivity index (χ2v) is 10.8. The Labute approximate surface area is 209 Å². The van der Waals surface area contributed by atoms with Crippen LogP contribution in [-0.4, -0.2) is 34.5 Å². The zero-order chi connectivity index (χ0) is 25.8. The number of nitrogens with one attached hydrogen (secondary N) is 2. The molecule has 2 aromatic heterocycles. The SMILES string of the molecule is CCC(Sc1nc(C)c(C)c(C)c1C#N)C(=O)Nc1ccc(S(=O)(=O)Nc2nccc(C)n2)cc1. The number of anilines is 2. The van der Waals surface area contributed by atoms with E-state index < -0.39 is 15.3 Å². The summed E-state index contributed by atoms with van der Waals surface area (Å²) in [7, 11) is -3.89. The molecular weight excluding hydrogens is 484 g/mol. The van der Waals surface area contributed by atoms with Gasteiger partial charge in [-0.1, -0.05) is 18.7 Å². The number of aromatic nitrogens is 3. The predicted molar refractivity (Wildman–Crippen MR) is 136 cm³/mol. The Morgan fingerprint density at radius 3 is 2.37 bits per heavy atom. The summed E-state index contributed by atoms with van der Waals surface area (Å²) in [6.45, 7) is 9.29. The predicted octanol–water partition coefficient (Wildman–Crippen LogP) is 4.29. The van der Waals surface area contributed by atoms with Crippen LogP contribution >= 0.6 is 11.8 Å². The van der Waals surface area contributed by atoms with Crippen molar-refractivity contribution in [3.05, 3.63) is 64.6 Å². The first-order valence-electron chi connectivity index (χ1n) is 10.8. The van der Waals surface area contributed by atoms with Crippen molar-refractivity contribution >= 4 is 39.3 Å². The van der Waals surface area contributed by atoms with Crippen LogP contribution in [0.15, 0.2) is 46.5 Å². The molecule has 1 unspecified atom stereocenters. The molecule has 11 heteroatoms. The molecule has 0 saturated carbocycles. The average Bonchev–Trinajstić information content (AvgIpc) is 2.81. The number of pyridine rings is 1. The van der Waals surface area contributed by atoms with Crippen LogP contribution < -0.4 is 10.0 Å². The molecule has 0 spiro atoms. The van der Waals surface area contributed by atoms with Crippen LogP contribution in [0.5, 0.6) is 0 Å². The molecule has 2 N–H and O–H groups in total. The quantitative estimate of drug-likeness (QED) is 0.428. The smallest absolute Gasteiger partial charge is 0.264 e. The second kappa shape index (κ2) is 10.8. The highest BCUT2D eigenvalue weighted by molar-refractivity contribution is 8.00. The molecule has 0 fully saturated rings. The number of rotatable bonds is 8. The number of carbonyl (C=O) groups is 1. The third kappa shape index (κ3) is 6.15. The van der Waals surface area contributed by atoms with Crippen molar-refractivity contribution in [2.45, 2.75) is 56.2 Å². The minimum atomic E-state index is -3.89. The van der Waals surface area contributed by atoms with Crippen molar-refractivity contribution in [1.82, 2.24) is 15.0 Å². The van der Waals surface area contributed by atoms with E-state index in [1.807, 2.05) is 27.7 Å². The van der Waals surface area contributed by atoms with Gasteiger partial charge >= 0.3 is 0 Å². The van der Waals surface area contributed by atoms with Gasteiger partial charge in [0.1, 0.15) is 11.1 Å². The lowest BCUT2D eigenvalue weighted by Crippen LogP contribution is -2.25. The van der Waals surface area contributed by atoms with Crippen molar-refractivity contribution in [2.24, 2.45) is 0 Å². The summed E-state index contributed by atoms with van der Waals surface area (Å²) in [5.74, 6) is -0.280. The minimum Gasteiger partial charge on any atom is -0.325 e. The van der Waals surface area contributed by atoms with Crippen LogP contribution in [0.1, 0.15) is 41.4 Å². The van der Waals surface area contributed by atoms with E-state index in [0.29, 0.717) is 28.4 Å². The molecule has 9 nitrogen and oxygen atoms in total. The van der Waals surface area contributed by atoms with Crippen LogP contribution in [0.25, 0.3) is 0 Å². The normalized spacial score (nSPS) is 12.0. The number of hydrogen-bond acceptors (Lipinski definition) is 8. The van der Waals surface area contributed by atoms with Gasteiger partial charge < -0.3 is 5.32 Å². The molecule has 1 atom stereocenters. The van der Waals surface area contributed by atoms with Gasteiger partial charge in [-0.15, -0.1) is 0 Å². The molecule has 3 rings (SSSR count). The molecule has 2 heterocycles. The van der Waals surface area contributed by atoms with Gasteiger partial charge in [0.15, 0.2) is 0 Å². The van der Waals surface area contributed by atoms with Gasteiger partial charge in [0.25, 0.3) is 10.0 Å². The number of sulfonamides is 1. The highest BCUT2D eigenvalue weighted by Crippen LogP contribution is 2.31. The average molecular weight is 511 g/mol. The van der Waals surface area contributed by atoms with Gasteiger partial charge in [-0.2, -0.15) is 5.26 Å². The Hall–Kier alpha value is -3.49. The Bertz CT molecular complexity index is 1400. The van der Waals surface area contributed by atoms with Crippen molar-refractivity contribution in [1.29, 1.82) is 5.26 Å². The highest BCUT2D eigenvalue weighted by atomic mass is 32.2. The number of nitriles is 1. The molecule has 3 aromatic rings. The van der Waals surface area contributed by atoms with Crippen molar-refractivity contribution < 1.29 is 13.2 Å². The van der Waals surface area contributed by atoms with Crippen LogP contribution in [0.2, 0.25) is 0 Å². The zero-order valence-electron chi connectivity index (χ0n) is 20.1. The number of aryl methyl sites for hydroxylation is 2. The maximum Gasteiger partial charge on any atom is 0.264 e. The maximum absolute atomic E-state index is 12.9. The van der Waals surface area contributed by atoms with Crippen LogP contribution in [0, 0.1) is 39.0 Å². The topological polar surface area (TPSA) is 138 Å². The zero-order valence-corrected chi connectivity index (χ0v) is 21.7. The van der Waals surface area contributed by atoms with E-state index in [1.165, 1.54) is 42.2 Å². The Morgan fingerprint density at radius 1 is 1.09 bits per heavy atom. The molecule has 0 aliphatic heterocycles. The van der Waals surface area contributed by atoms with Crippen molar-refractivity contribution in [2.75, 3.05) is 10.0 Å². The molecule has 1 amide bonds. The third-order valence-electron chi connectivity index (χ3n) is 5.44. The van der Waals surface area contributed by atoms with E-state index >= 15 is 0 Å². The monoisotopic (exact) mass is 510 g/mol. The second-order valence-electron chi connectivity index (χ2n) is 7.89. The number of carbonyl (C=O) groups excluding carboxylic acids is 1. The molecular formula is C24H26N6O3S2. The summed E-state index contributed by atoms with van der Waals surface area (Å²) in [6.07, 6.45) is 1.98. The van der Waals surface area contributed by atoms with Gasteiger partial charge in [-0.3, -0.25) is 4.79 Å². The molecule has 0 bridgehead atoms. The van der Waals surface area contributed by atoms with Crippen molar-refractivity contribution in [3.63, 3.8) is 0 Å². The fourth-order valence-electron chi connectivity index (χ4n) is 3.20. The molecule has 0 radical (unpaired) electrons. The first-order valence-corrected chi connectivity index (χ1v) is 13.2. The Morgan fingerprint density at radius 2 is 1.77 bits per heavy atom. The van der Waals surface area contributed by atoms with Gasteiger partial charge in [-0.05, 0) is 75.6 Å². The Kier molecular flexibility index (Phi) is 8.09. The molecule has 1 aromatic carbocycles. The van der Waals surface area contributed by atoms with Gasteiger partial charge in [0, 0.05) is 23.3 Å². The van der Waals surface area contributed by atoms with Gasteiger partial charge in [0.05, 0.1) is 15.7 Å². The third-order valence-corrected chi connectivity index (χ3v) is 8.14. The minimum absolute atomic E-state index is 0.00971. The number of amides is 1. The Balaban J connectivity index is 1.73. The number of hydrogen-bond donors (Lipinski definition) is 2. The standard InChI is InChI=1S/C24H26N6O3S2/c1-6-21(34-23-20(13-25)16(4)15(3)17(5)28-23)22(31)29-18-7-9-19(10-8-18)35(32,33)30-24-26-12-11-14(2)27-24/h7-12,21H,6H2,1-5H3,(H,29,31)(H,26,27,30). The molecule has 0 aliphatic rings.